The van der Waals surface area contributed by atoms with Crippen LogP contribution in [-0.4, -0.2) is 96.0 Å². The van der Waals surface area contributed by atoms with Crippen molar-refractivity contribution in [2.75, 3.05) is 55.7 Å². The number of anilines is 2. The first-order chi connectivity index (χ1) is 20.9. The number of imide groups is 1. The van der Waals surface area contributed by atoms with E-state index in [9.17, 15) is 14.4 Å². The van der Waals surface area contributed by atoms with Crippen LogP contribution in [0, 0.1) is 11.3 Å². The van der Waals surface area contributed by atoms with E-state index in [0.717, 1.165) is 61.6 Å². The number of aromatic nitrogens is 2. The summed E-state index contributed by atoms with van der Waals surface area (Å²) in [5.41, 5.74) is 3.26. The smallest absolute Gasteiger partial charge is 0.254 e. The number of carbonyl (C=O) groups excluding carboxylic acids is 3. The molecular weight excluding hydrogens is 546 g/mol. The van der Waals surface area contributed by atoms with Crippen LogP contribution in [0.4, 0.5) is 11.6 Å². The van der Waals surface area contributed by atoms with E-state index in [-0.39, 0.29) is 24.3 Å². The number of nitrogens with zero attached hydrogens (tertiary/aromatic N) is 6. The molecule has 1 aliphatic carbocycles. The summed E-state index contributed by atoms with van der Waals surface area (Å²) in [6, 6.07) is 6.07. The predicted octanol–water partition coefficient (Wildman–Crippen LogP) is 2.45. The zero-order valence-corrected chi connectivity index (χ0v) is 24.9. The van der Waals surface area contributed by atoms with Gasteiger partial charge in [0.05, 0.1) is 18.3 Å². The van der Waals surface area contributed by atoms with Gasteiger partial charge in [-0.2, -0.15) is 0 Å². The van der Waals surface area contributed by atoms with Crippen molar-refractivity contribution in [3.05, 3.63) is 41.7 Å². The number of hydrogen-bond acceptors (Lipinski definition) is 9. The molecule has 0 bridgehead atoms. The van der Waals surface area contributed by atoms with Crippen LogP contribution in [0.5, 0.6) is 5.75 Å². The Kier molecular flexibility index (Phi) is 7.44. The molecule has 2 saturated heterocycles. The van der Waals surface area contributed by atoms with Crippen LogP contribution in [0.2, 0.25) is 0 Å². The van der Waals surface area contributed by atoms with Gasteiger partial charge in [0, 0.05) is 75.3 Å². The average Bonchev–Trinajstić information content (AvgIpc) is 3.36. The first-order valence-corrected chi connectivity index (χ1v) is 15.8. The lowest BCUT2D eigenvalue weighted by Crippen LogP contribution is -2.59. The molecule has 1 saturated carbocycles. The molecule has 3 fully saturated rings. The van der Waals surface area contributed by atoms with E-state index in [1.807, 2.05) is 36.4 Å². The first kappa shape index (κ1) is 28.1. The van der Waals surface area contributed by atoms with Crippen molar-refractivity contribution in [2.24, 2.45) is 11.3 Å². The number of piperazine rings is 1. The van der Waals surface area contributed by atoms with Crippen LogP contribution in [0.3, 0.4) is 0 Å². The van der Waals surface area contributed by atoms with Crippen LogP contribution >= 0.6 is 0 Å². The fourth-order valence-electron chi connectivity index (χ4n) is 8.17. The molecule has 1 aromatic carbocycles. The summed E-state index contributed by atoms with van der Waals surface area (Å²) in [6.07, 6.45) is 9.89. The van der Waals surface area contributed by atoms with Crippen molar-refractivity contribution in [3.63, 3.8) is 0 Å². The Balaban J connectivity index is 0.919. The quantitative estimate of drug-likeness (QED) is 0.466. The van der Waals surface area contributed by atoms with Crippen LogP contribution in [0.1, 0.15) is 61.4 Å². The van der Waals surface area contributed by atoms with Gasteiger partial charge >= 0.3 is 0 Å². The topological polar surface area (TPSA) is 111 Å². The monoisotopic (exact) mass is 587 g/mol. The lowest BCUT2D eigenvalue weighted by Gasteiger charge is -2.54. The number of fused-ring (bicyclic) bond motifs is 5. The molecule has 4 aliphatic heterocycles. The second-order valence-corrected chi connectivity index (χ2v) is 13.2. The van der Waals surface area contributed by atoms with E-state index in [2.05, 4.69) is 36.1 Å². The van der Waals surface area contributed by atoms with Gasteiger partial charge in [0.1, 0.15) is 12.4 Å². The molecule has 5 heterocycles. The van der Waals surface area contributed by atoms with Crippen molar-refractivity contribution in [2.45, 2.75) is 64.1 Å². The highest BCUT2D eigenvalue weighted by atomic mass is 16.5. The lowest BCUT2D eigenvalue weighted by molar-refractivity contribution is -0.125. The largest absolute Gasteiger partial charge is 0.489 e. The van der Waals surface area contributed by atoms with Crippen LogP contribution < -0.4 is 19.9 Å². The molecular formula is C32H41N7O4. The third-order valence-electron chi connectivity index (χ3n) is 10.5. The second kappa shape index (κ2) is 11.4. The Labute approximate surface area is 252 Å². The molecule has 1 N–H and O–H groups in total. The van der Waals surface area contributed by atoms with Crippen molar-refractivity contribution >= 4 is 29.9 Å². The SMILES string of the molecule is CC(CCC(=O)NC=O)N1Cc2c(ccc3c2OCC2CN(CC4CC5(CCN(c6ncccn6)CC5)C4)CCN32)C1=O. The van der Waals surface area contributed by atoms with Crippen molar-refractivity contribution in [3.8, 4) is 5.75 Å². The lowest BCUT2D eigenvalue weighted by atomic mass is 9.57. The van der Waals surface area contributed by atoms with E-state index < -0.39 is 0 Å². The Morgan fingerprint density at radius 3 is 2.72 bits per heavy atom. The molecule has 5 aliphatic rings. The number of benzene rings is 1. The predicted molar refractivity (Wildman–Crippen MR) is 161 cm³/mol. The molecule has 11 heteroatoms. The summed E-state index contributed by atoms with van der Waals surface area (Å²) < 4.78 is 6.41. The number of amides is 3. The Morgan fingerprint density at radius 2 is 1.95 bits per heavy atom. The van der Waals surface area contributed by atoms with E-state index in [4.69, 9.17) is 4.74 Å². The summed E-state index contributed by atoms with van der Waals surface area (Å²) in [5, 5.41) is 2.17. The summed E-state index contributed by atoms with van der Waals surface area (Å²) >= 11 is 0. The maximum absolute atomic E-state index is 13.2. The first-order valence-electron chi connectivity index (χ1n) is 15.8. The van der Waals surface area contributed by atoms with Gasteiger partial charge in [0.2, 0.25) is 18.3 Å². The van der Waals surface area contributed by atoms with Crippen LogP contribution in [0.15, 0.2) is 30.6 Å². The van der Waals surface area contributed by atoms with Gasteiger partial charge < -0.3 is 19.4 Å². The van der Waals surface area contributed by atoms with Gasteiger partial charge in [0.15, 0.2) is 0 Å². The number of nitrogens with one attached hydrogen (secondary N) is 1. The Bertz CT molecular complexity index is 1370. The van der Waals surface area contributed by atoms with E-state index in [1.165, 1.54) is 32.2 Å². The third kappa shape index (κ3) is 5.32. The van der Waals surface area contributed by atoms with Crippen LogP contribution in [0.25, 0.3) is 0 Å². The molecule has 1 aromatic heterocycles. The zero-order valence-electron chi connectivity index (χ0n) is 24.9. The summed E-state index contributed by atoms with van der Waals surface area (Å²) in [5.74, 6) is 2.14. The Morgan fingerprint density at radius 1 is 1.16 bits per heavy atom. The highest BCUT2D eigenvalue weighted by Gasteiger charge is 2.47. The highest BCUT2D eigenvalue weighted by Crippen LogP contribution is 2.53. The fourth-order valence-corrected chi connectivity index (χ4v) is 8.17. The maximum Gasteiger partial charge on any atom is 0.254 e. The summed E-state index contributed by atoms with van der Waals surface area (Å²) in [6.45, 7) is 9.35. The maximum atomic E-state index is 13.2. The molecule has 2 unspecified atom stereocenters. The van der Waals surface area contributed by atoms with Gasteiger partial charge in [0.25, 0.3) is 5.91 Å². The van der Waals surface area contributed by atoms with Crippen molar-refractivity contribution < 1.29 is 19.1 Å². The number of piperidine rings is 1. The molecule has 1 spiro atoms. The number of ether oxygens (including phenoxy) is 1. The number of rotatable bonds is 8. The third-order valence-corrected chi connectivity index (χ3v) is 10.5. The van der Waals surface area contributed by atoms with Gasteiger partial charge in [-0.15, -0.1) is 0 Å². The molecule has 3 amide bonds. The number of carbonyl (C=O) groups is 3. The summed E-state index contributed by atoms with van der Waals surface area (Å²) in [4.78, 5) is 53.6. The van der Waals surface area contributed by atoms with E-state index in [0.29, 0.717) is 43.0 Å². The minimum absolute atomic E-state index is 0.0195. The average molecular weight is 588 g/mol. The minimum Gasteiger partial charge on any atom is -0.489 e. The highest BCUT2D eigenvalue weighted by molar-refractivity contribution is 6.00. The number of hydrogen-bond donors (Lipinski definition) is 1. The molecule has 43 heavy (non-hydrogen) atoms. The van der Waals surface area contributed by atoms with Gasteiger partial charge in [-0.1, -0.05) is 0 Å². The Hall–Kier alpha value is -3.73. The van der Waals surface area contributed by atoms with Crippen LogP contribution in [-0.2, 0) is 16.1 Å². The fraction of sp³-hybridized carbons (Fsp3) is 0.594. The van der Waals surface area contributed by atoms with E-state index >= 15 is 0 Å². The van der Waals surface area contributed by atoms with Gasteiger partial charge in [-0.25, -0.2) is 9.97 Å². The van der Waals surface area contributed by atoms with Gasteiger partial charge in [-0.3, -0.25) is 24.6 Å². The van der Waals surface area contributed by atoms with Gasteiger partial charge in [-0.05, 0) is 68.6 Å². The molecule has 11 nitrogen and oxygen atoms in total. The molecule has 2 atom stereocenters. The van der Waals surface area contributed by atoms with Crippen molar-refractivity contribution in [1.82, 2.24) is 25.1 Å². The zero-order chi connectivity index (χ0) is 29.6. The van der Waals surface area contributed by atoms with E-state index in [1.54, 1.807) is 0 Å². The molecule has 7 rings (SSSR count). The standard InChI is InChI=1S/C32H41N7O4/c1-22(3-6-28(41)35-21-40)39-19-26-25(30(39)42)4-5-27-29(26)43-20-24-18-36(13-14-38(24)27)17-23-15-32(16-23)7-11-37(12-8-32)31-33-9-2-10-34-31/h2,4-5,9-10,21-24H,3,6-8,11-20H2,1H3,(H,35,40,41). The second-order valence-electron chi connectivity index (χ2n) is 13.2. The normalized spacial score (nSPS) is 23.6. The molecule has 228 valence electrons. The minimum atomic E-state index is -0.326. The van der Waals surface area contributed by atoms with Crippen molar-refractivity contribution in [1.29, 1.82) is 0 Å². The molecule has 0 radical (unpaired) electrons. The summed E-state index contributed by atoms with van der Waals surface area (Å²) in [7, 11) is 0. The molecule has 2 aromatic rings.